The number of carbonyl (C=O) groups excluding carboxylic acids is 1. The van der Waals surface area contributed by atoms with Gasteiger partial charge >= 0.3 is 7.82 Å². The van der Waals surface area contributed by atoms with E-state index in [-0.39, 0.29) is 26.2 Å². The summed E-state index contributed by atoms with van der Waals surface area (Å²) in [5, 5.41) is 24.1. The van der Waals surface area contributed by atoms with E-state index in [9.17, 15) is 24.5 Å². The van der Waals surface area contributed by atoms with Crippen LogP contribution in [0.5, 0.6) is 0 Å². The van der Waals surface area contributed by atoms with Gasteiger partial charge in [0.1, 0.15) is 0 Å². The summed E-state index contributed by atoms with van der Waals surface area (Å²) in [7, 11) is -4.36. The standard InChI is InChI=1S/C37H77N2O7P/c1-32(2)24-20-16-12-8-5-6-11-15-19-23-27-36(41)35(31-46-47(43,44)45-29-28-38)39-37(42)30-34(40)26-22-18-14-10-7-9-13-17-21-25-33(3)4/h32-36,40-41H,5-31,38H2,1-4H3,(H,39,42)(H,43,44). The summed E-state index contributed by atoms with van der Waals surface area (Å²) < 4.78 is 22.0. The van der Waals surface area contributed by atoms with Gasteiger partial charge in [0.2, 0.25) is 5.91 Å². The molecule has 1 amide bonds. The topological polar surface area (TPSA) is 151 Å². The van der Waals surface area contributed by atoms with Crippen LogP contribution in [0.2, 0.25) is 0 Å². The van der Waals surface area contributed by atoms with Gasteiger partial charge in [-0.2, -0.15) is 0 Å². The fourth-order valence-electron chi connectivity index (χ4n) is 5.90. The molecule has 0 aromatic carbocycles. The number of aliphatic hydroxyl groups excluding tert-OH is 2. The normalized spacial score (nSPS) is 15.2. The lowest BCUT2D eigenvalue weighted by Crippen LogP contribution is -2.47. The number of rotatable bonds is 35. The lowest BCUT2D eigenvalue weighted by molar-refractivity contribution is -0.125. The molecule has 10 heteroatoms. The summed E-state index contributed by atoms with van der Waals surface area (Å²) in [6.07, 6.45) is 24.4. The van der Waals surface area contributed by atoms with Gasteiger partial charge in [0.25, 0.3) is 0 Å². The molecule has 4 atom stereocenters. The molecule has 0 rings (SSSR count). The molecule has 0 saturated heterocycles. The van der Waals surface area contributed by atoms with Crippen molar-refractivity contribution in [2.45, 2.75) is 200 Å². The Kier molecular flexibility index (Phi) is 31.1. The second-order valence-corrected chi connectivity index (χ2v) is 16.1. The van der Waals surface area contributed by atoms with E-state index < -0.39 is 32.0 Å². The SMILES string of the molecule is CC(C)CCCCCCCCCCCCC(O)C(COP(=O)(O)OCCN)NC(=O)CC(O)CCCCCCCCCCCC(C)C. The number of phosphoric acid groups is 1. The fraction of sp³-hybridized carbons (Fsp3) is 0.973. The molecule has 47 heavy (non-hydrogen) atoms. The minimum absolute atomic E-state index is 0.0610. The van der Waals surface area contributed by atoms with Crippen LogP contribution in [0, 0.1) is 11.8 Å². The molecule has 0 aliphatic heterocycles. The van der Waals surface area contributed by atoms with E-state index in [1.807, 2.05) is 0 Å². The van der Waals surface area contributed by atoms with E-state index in [1.165, 1.54) is 96.3 Å². The Morgan fingerprint density at radius 3 is 1.43 bits per heavy atom. The molecule has 0 aliphatic rings. The summed E-state index contributed by atoms with van der Waals surface area (Å²) >= 11 is 0. The predicted molar refractivity (Wildman–Crippen MR) is 195 cm³/mol. The predicted octanol–water partition coefficient (Wildman–Crippen LogP) is 8.96. The van der Waals surface area contributed by atoms with Crippen LogP contribution in [-0.2, 0) is 18.4 Å². The first-order chi connectivity index (χ1) is 22.5. The highest BCUT2D eigenvalue weighted by molar-refractivity contribution is 7.47. The Bertz CT molecular complexity index is 756. The first kappa shape index (κ1) is 46.5. The van der Waals surface area contributed by atoms with E-state index in [4.69, 9.17) is 14.8 Å². The minimum atomic E-state index is -4.36. The maximum Gasteiger partial charge on any atom is 0.472 e. The van der Waals surface area contributed by atoms with E-state index in [2.05, 4.69) is 33.0 Å². The van der Waals surface area contributed by atoms with Crippen LogP contribution in [0.25, 0.3) is 0 Å². The first-order valence-electron chi connectivity index (χ1n) is 19.4. The van der Waals surface area contributed by atoms with Crippen molar-refractivity contribution < 1.29 is 33.5 Å². The van der Waals surface area contributed by atoms with Gasteiger partial charge in [-0.1, -0.05) is 163 Å². The molecular weight excluding hydrogens is 615 g/mol. The average molecular weight is 693 g/mol. The van der Waals surface area contributed by atoms with Crippen molar-refractivity contribution in [3.8, 4) is 0 Å². The lowest BCUT2D eigenvalue weighted by Gasteiger charge is -2.25. The Labute approximate surface area is 289 Å². The highest BCUT2D eigenvalue weighted by Gasteiger charge is 2.28. The van der Waals surface area contributed by atoms with Crippen molar-refractivity contribution >= 4 is 13.7 Å². The van der Waals surface area contributed by atoms with Crippen LogP contribution in [0.1, 0.15) is 182 Å². The second-order valence-electron chi connectivity index (χ2n) is 14.6. The second kappa shape index (κ2) is 31.4. The van der Waals surface area contributed by atoms with Gasteiger partial charge < -0.3 is 26.2 Å². The van der Waals surface area contributed by atoms with Crippen molar-refractivity contribution in [2.75, 3.05) is 19.8 Å². The Morgan fingerprint density at radius 1 is 0.638 bits per heavy atom. The molecule has 0 fully saturated rings. The molecule has 0 aliphatic carbocycles. The third kappa shape index (κ3) is 32.4. The Hall–Kier alpha value is -0.540. The molecule has 0 radical (unpaired) electrons. The highest BCUT2D eigenvalue weighted by atomic mass is 31.2. The zero-order valence-corrected chi connectivity index (χ0v) is 31.9. The molecule has 9 nitrogen and oxygen atoms in total. The Morgan fingerprint density at radius 2 is 1.02 bits per heavy atom. The van der Waals surface area contributed by atoms with Gasteiger partial charge in [-0.3, -0.25) is 13.8 Å². The summed E-state index contributed by atoms with van der Waals surface area (Å²) in [4.78, 5) is 22.7. The lowest BCUT2D eigenvalue weighted by atomic mass is 10.0. The molecule has 0 heterocycles. The molecule has 0 aromatic heterocycles. The van der Waals surface area contributed by atoms with Gasteiger partial charge in [-0.15, -0.1) is 0 Å². The van der Waals surface area contributed by atoms with Crippen molar-refractivity contribution in [1.82, 2.24) is 5.32 Å². The number of phosphoric ester groups is 1. The monoisotopic (exact) mass is 693 g/mol. The molecule has 282 valence electrons. The van der Waals surface area contributed by atoms with E-state index >= 15 is 0 Å². The smallest absolute Gasteiger partial charge is 0.393 e. The van der Waals surface area contributed by atoms with Crippen LogP contribution in [-0.4, -0.2) is 59.0 Å². The molecule has 0 saturated carbocycles. The van der Waals surface area contributed by atoms with Gasteiger partial charge in [0, 0.05) is 6.54 Å². The van der Waals surface area contributed by atoms with Crippen LogP contribution in [0.3, 0.4) is 0 Å². The van der Waals surface area contributed by atoms with Crippen LogP contribution in [0.4, 0.5) is 0 Å². The number of hydrogen-bond donors (Lipinski definition) is 5. The van der Waals surface area contributed by atoms with Gasteiger partial charge in [0.15, 0.2) is 0 Å². The van der Waals surface area contributed by atoms with Gasteiger partial charge in [-0.05, 0) is 24.7 Å². The van der Waals surface area contributed by atoms with E-state index in [0.29, 0.717) is 12.8 Å². The maximum absolute atomic E-state index is 12.8. The van der Waals surface area contributed by atoms with Crippen LogP contribution >= 0.6 is 7.82 Å². The Balaban J connectivity index is 4.36. The average Bonchev–Trinajstić information content (AvgIpc) is 3.00. The molecule has 0 aromatic rings. The fourth-order valence-corrected chi connectivity index (χ4v) is 6.66. The number of aliphatic hydroxyl groups is 2. The van der Waals surface area contributed by atoms with Gasteiger partial charge in [0.05, 0.1) is 37.9 Å². The van der Waals surface area contributed by atoms with Crippen molar-refractivity contribution in [3.63, 3.8) is 0 Å². The number of amides is 1. The zero-order valence-electron chi connectivity index (χ0n) is 31.0. The number of nitrogens with one attached hydrogen (secondary N) is 1. The van der Waals surface area contributed by atoms with Crippen molar-refractivity contribution in [1.29, 1.82) is 0 Å². The number of nitrogens with two attached hydrogens (primary N) is 1. The first-order valence-corrected chi connectivity index (χ1v) is 20.9. The van der Waals surface area contributed by atoms with Crippen molar-refractivity contribution in [3.05, 3.63) is 0 Å². The highest BCUT2D eigenvalue weighted by Crippen LogP contribution is 2.43. The maximum atomic E-state index is 12.8. The summed E-state index contributed by atoms with van der Waals surface area (Å²) in [6.45, 7) is 8.66. The number of carbonyl (C=O) groups is 1. The number of hydrogen-bond acceptors (Lipinski definition) is 7. The van der Waals surface area contributed by atoms with Crippen molar-refractivity contribution in [2.24, 2.45) is 17.6 Å². The molecule has 6 N–H and O–H groups in total. The van der Waals surface area contributed by atoms with Crippen LogP contribution in [0.15, 0.2) is 0 Å². The van der Waals surface area contributed by atoms with E-state index in [1.54, 1.807) is 0 Å². The summed E-state index contributed by atoms with van der Waals surface area (Å²) in [6, 6.07) is -0.891. The molecular formula is C37H77N2O7P. The quantitative estimate of drug-likeness (QED) is 0.0326. The van der Waals surface area contributed by atoms with E-state index in [0.717, 1.165) is 50.4 Å². The zero-order chi connectivity index (χ0) is 35.2. The summed E-state index contributed by atoms with van der Waals surface area (Å²) in [5.74, 6) is 1.18. The summed E-state index contributed by atoms with van der Waals surface area (Å²) in [5.41, 5.74) is 5.35. The number of unbranched alkanes of at least 4 members (excludes halogenated alkanes) is 17. The molecule has 4 unspecified atom stereocenters. The van der Waals surface area contributed by atoms with Gasteiger partial charge in [-0.25, -0.2) is 4.57 Å². The largest absolute Gasteiger partial charge is 0.472 e. The molecule has 0 spiro atoms. The third-order valence-corrected chi connectivity index (χ3v) is 9.86. The minimum Gasteiger partial charge on any atom is -0.393 e. The van der Waals surface area contributed by atoms with Crippen LogP contribution < -0.4 is 11.1 Å². The molecule has 0 bridgehead atoms. The third-order valence-electron chi connectivity index (χ3n) is 8.87.